The molecule has 1 amide bonds. The number of hydrogen-bond acceptors (Lipinski definition) is 6. The summed E-state index contributed by atoms with van der Waals surface area (Å²) in [5.74, 6) is -0.305. The van der Waals surface area contributed by atoms with Crippen molar-refractivity contribution in [3.63, 3.8) is 0 Å². The van der Waals surface area contributed by atoms with Crippen LogP contribution < -0.4 is 10.3 Å². The summed E-state index contributed by atoms with van der Waals surface area (Å²) in [6, 6.07) is 12.1. The molecule has 0 N–H and O–H groups in total. The van der Waals surface area contributed by atoms with Crippen LogP contribution in [0.15, 0.2) is 56.6 Å². The monoisotopic (exact) mass is 468 g/mol. The summed E-state index contributed by atoms with van der Waals surface area (Å²) in [6.45, 7) is 3.87. The average Bonchev–Trinajstić information content (AvgIpc) is 3.25. The van der Waals surface area contributed by atoms with Crippen molar-refractivity contribution in [2.75, 3.05) is 11.2 Å². The molecule has 5 nitrogen and oxygen atoms in total. The van der Waals surface area contributed by atoms with Crippen LogP contribution in [0.4, 0.5) is 5.13 Å². The topological polar surface area (TPSA) is 63.4 Å². The molecule has 31 heavy (non-hydrogen) atoms. The van der Waals surface area contributed by atoms with Crippen molar-refractivity contribution in [2.45, 2.75) is 24.8 Å². The molecule has 0 saturated carbocycles. The summed E-state index contributed by atoms with van der Waals surface area (Å²) in [5.41, 5.74) is 2.09. The number of carbonyl (C=O) groups is 1. The Kier molecular flexibility index (Phi) is 4.92. The largest absolute Gasteiger partial charge is 0.450 e. The van der Waals surface area contributed by atoms with E-state index in [9.17, 15) is 9.59 Å². The predicted octanol–water partition coefficient (Wildman–Crippen LogP) is 5.99. The highest BCUT2D eigenvalue weighted by Crippen LogP contribution is 2.43. The van der Waals surface area contributed by atoms with E-state index in [0.29, 0.717) is 26.7 Å². The molecule has 4 aromatic rings. The van der Waals surface area contributed by atoms with Gasteiger partial charge in [0.25, 0.3) is 5.91 Å². The summed E-state index contributed by atoms with van der Waals surface area (Å²) < 4.78 is 5.96. The highest BCUT2D eigenvalue weighted by Gasteiger charge is 2.45. The van der Waals surface area contributed by atoms with Crippen LogP contribution in [0.2, 0.25) is 5.02 Å². The highest BCUT2D eigenvalue weighted by molar-refractivity contribution is 7.98. The van der Waals surface area contributed by atoms with Gasteiger partial charge < -0.3 is 4.42 Å². The van der Waals surface area contributed by atoms with Crippen LogP contribution in [-0.2, 0) is 0 Å². The number of hydrogen-bond donors (Lipinski definition) is 0. The molecule has 0 aliphatic carbocycles. The van der Waals surface area contributed by atoms with E-state index in [1.54, 1.807) is 34.9 Å². The first-order chi connectivity index (χ1) is 14.9. The van der Waals surface area contributed by atoms with Gasteiger partial charge in [0.15, 0.2) is 10.6 Å². The summed E-state index contributed by atoms with van der Waals surface area (Å²) >= 11 is 9.19. The zero-order valence-electron chi connectivity index (χ0n) is 16.9. The van der Waals surface area contributed by atoms with Crippen molar-refractivity contribution in [3.05, 3.63) is 85.2 Å². The molecule has 0 spiro atoms. The molecule has 1 aliphatic heterocycles. The third kappa shape index (κ3) is 3.19. The maximum atomic E-state index is 13.6. The van der Waals surface area contributed by atoms with E-state index in [4.69, 9.17) is 16.0 Å². The Hall–Kier alpha value is -2.61. The predicted molar refractivity (Wildman–Crippen MR) is 126 cm³/mol. The number of benzene rings is 2. The van der Waals surface area contributed by atoms with Crippen LogP contribution in [0.3, 0.4) is 0 Å². The van der Waals surface area contributed by atoms with Gasteiger partial charge in [0.2, 0.25) is 5.76 Å². The fourth-order valence-electron chi connectivity index (χ4n) is 3.80. The standard InChI is InChI=1S/C23H17ClN2O3S2/c1-11-12(2)31-23(25-11)26-19(13-4-7-15(30-3)8-5-13)18-20(27)16-10-14(24)6-9-17(16)29-21(18)22(26)28/h4-10,19H,1-3H3. The van der Waals surface area contributed by atoms with Gasteiger partial charge in [0.1, 0.15) is 5.58 Å². The van der Waals surface area contributed by atoms with E-state index in [1.165, 1.54) is 11.3 Å². The highest BCUT2D eigenvalue weighted by atomic mass is 35.5. The third-order valence-corrected chi connectivity index (χ3v) is 7.54. The molecule has 1 unspecified atom stereocenters. The van der Waals surface area contributed by atoms with Crippen molar-refractivity contribution in [2.24, 2.45) is 0 Å². The SMILES string of the molecule is CSc1ccc(C2c3c(oc4ccc(Cl)cc4c3=O)C(=O)N2c2nc(C)c(C)s2)cc1. The zero-order valence-corrected chi connectivity index (χ0v) is 19.3. The molecular weight excluding hydrogens is 452 g/mol. The van der Waals surface area contributed by atoms with Gasteiger partial charge in [-0.1, -0.05) is 23.7 Å². The molecule has 0 fully saturated rings. The molecule has 1 atom stereocenters. The van der Waals surface area contributed by atoms with E-state index in [-0.39, 0.29) is 17.1 Å². The number of halogens is 1. The van der Waals surface area contributed by atoms with Crippen molar-refractivity contribution in [3.8, 4) is 0 Å². The first-order valence-electron chi connectivity index (χ1n) is 9.57. The minimum Gasteiger partial charge on any atom is -0.450 e. The van der Waals surface area contributed by atoms with E-state index in [1.807, 2.05) is 44.4 Å². The smallest absolute Gasteiger partial charge is 0.297 e. The second-order valence-corrected chi connectivity index (χ2v) is 9.80. The lowest BCUT2D eigenvalue weighted by Crippen LogP contribution is -2.29. The maximum Gasteiger partial charge on any atom is 0.297 e. The van der Waals surface area contributed by atoms with Gasteiger partial charge in [-0.2, -0.15) is 0 Å². The van der Waals surface area contributed by atoms with Crippen LogP contribution in [0, 0.1) is 13.8 Å². The normalized spacial score (nSPS) is 15.7. The number of carbonyl (C=O) groups excluding carboxylic acids is 1. The first kappa shape index (κ1) is 20.3. The van der Waals surface area contributed by atoms with Gasteiger partial charge in [0.05, 0.1) is 22.7 Å². The number of aryl methyl sites for hydroxylation is 2. The maximum absolute atomic E-state index is 13.6. The summed E-state index contributed by atoms with van der Waals surface area (Å²) in [6.07, 6.45) is 2.00. The number of fused-ring (bicyclic) bond motifs is 2. The average molecular weight is 469 g/mol. The van der Waals surface area contributed by atoms with Gasteiger partial charge in [-0.15, -0.1) is 23.1 Å². The fraction of sp³-hybridized carbons (Fsp3) is 0.174. The van der Waals surface area contributed by atoms with E-state index < -0.39 is 6.04 Å². The second kappa shape index (κ2) is 7.51. The first-order valence-corrected chi connectivity index (χ1v) is 12.0. The molecule has 2 aromatic heterocycles. The number of anilines is 1. The Morgan fingerprint density at radius 1 is 1.13 bits per heavy atom. The van der Waals surface area contributed by atoms with Crippen LogP contribution in [0.5, 0.6) is 0 Å². The number of rotatable bonds is 3. The van der Waals surface area contributed by atoms with Gasteiger partial charge in [-0.3, -0.25) is 14.5 Å². The Balaban J connectivity index is 1.80. The molecule has 5 rings (SSSR count). The lowest BCUT2D eigenvalue weighted by atomic mass is 9.99. The fourth-order valence-corrected chi connectivity index (χ4v) is 5.32. The molecule has 1 aliphatic rings. The molecule has 8 heteroatoms. The van der Waals surface area contributed by atoms with Crippen molar-refractivity contribution in [1.29, 1.82) is 0 Å². The number of amides is 1. The van der Waals surface area contributed by atoms with E-state index in [0.717, 1.165) is 21.0 Å². The lowest BCUT2D eigenvalue weighted by Gasteiger charge is -2.22. The molecule has 156 valence electrons. The van der Waals surface area contributed by atoms with Gasteiger partial charge in [-0.25, -0.2) is 4.98 Å². The van der Waals surface area contributed by atoms with Crippen LogP contribution in [0.1, 0.15) is 38.3 Å². The number of thiazole rings is 1. The summed E-state index contributed by atoms with van der Waals surface area (Å²) in [7, 11) is 0. The molecule has 0 bridgehead atoms. The quantitative estimate of drug-likeness (QED) is 0.345. The van der Waals surface area contributed by atoms with Gasteiger partial charge >= 0.3 is 0 Å². The lowest BCUT2D eigenvalue weighted by molar-refractivity contribution is 0.0971. The molecule has 0 saturated heterocycles. The molecule has 2 aromatic carbocycles. The Bertz CT molecular complexity index is 1390. The number of nitrogens with zero attached hydrogens (tertiary/aromatic N) is 2. The summed E-state index contributed by atoms with van der Waals surface area (Å²) in [4.78, 5) is 35.4. The van der Waals surface area contributed by atoms with Crippen molar-refractivity contribution < 1.29 is 9.21 Å². The van der Waals surface area contributed by atoms with Crippen LogP contribution in [-0.4, -0.2) is 17.1 Å². The molecule has 0 radical (unpaired) electrons. The molecule has 3 heterocycles. The Morgan fingerprint density at radius 2 is 1.87 bits per heavy atom. The second-order valence-electron chi connectivity index (χ2n) is 7.30. The number of thioether (sulfide) groups is 1. The van der Waals surface area contributed by atoms with Gasteiger partial charge in [0, 0.05) is 14.8 Å². The van der Waals surface area contributed by atoms with Gasteiger partial charge in [-0.05, 0) is 56.0 Å². The Morgan fingerprint density at radius 3 is 2.52 bits per heavy atom. The molecular formula is C23H17ClN2O3S2. The van der Waals surface area contributed by atoms with Crippen LogP contribution in [0.25, 0.3) is 11.0 Å². The third-order valence-electron chi connectivity index (χ3n) is 5.49. The van der Waals surface area contributed by atoms with E-state index >= 15 is 0 Å². The Labute approximate surface area is 191 Å². The zero-order chi connectivity index (χ0) is 21.9. The van der Waals surface area contributed by atoms with E-state index in [2.05, 4.69) is 4.98 Å². The minimum atomic E-state index is -0.622. The van der Waals surface area contributed by atoms with Crippen molar-refractivity contribution >= 4 is 56.7 Å². The summed E-state index contributed by atoms with van der Waals surface area (Å²) in [5, 5.41) is 1.35. The minimum absolute atomic E-state index is 0.0595. The number of aromatic nitrogens is 1. The van der Waals surface area contributed by atoms with Crippen LogP contribution >= 0.6 is 34.7 Å². The van der Waals surface area contributed by atoms with Crippen molar-refractivity contribution in [1.82, 2.24) is 4.98 Å².